The van der Waals surface area contributed by atoms with Crippen LogP contribution in [0.5, 0.6) is 0 Å². The third-order valence-corrected chi connectivity index (χ3v) is 4.28. The summed E-state index contributed by atoms with van der Waals surface area (Å²) in [5.41, 5.74) is 1.33. The lowest BCUT2D eigenvalue weighted by Crippen LogP contribution is -2.40. The zero-order valence-corrected chi connectivity index (χ0v) is 14.0. The van der Waals surface area contributed by atoms with Crippen molar-refractivity contribution in [3.63, 3.8) is 0 Å². The van der Waals surface area contributed by atoms with Gasteiger partial charge in [0.2, 0.25) is 0 Å². The summed E-state index contributed by atoms with van der Waals surface area (Å²) in [5, 5.41) is 15.6. The maximum absolute atomic E-state index is 12.1. The predicted octanol–water partition coefficient (Wildman–Crippen LogP) is 1.43. The van der Waals surface area contributed by atoms with E-state index in [2.05, 4.69) is 26.0 Å². The largest absolute Gasteiger partial charge is 0.367 e. The second-order valence-corrected chi connectivity index (χ2v) is 6.01. The van der Waals surface area contributed by atoms with Crippen LogP contribution in [-0.2, 0) is 0 Å². The van der Waals surface area contributed by atoms with Crippen molar-refractivity contribution in [2.24, 2.45) is 0 Å². The van der Waals surface area contributed by atoms with E-state index in [1.54, 1.807) is 13.8 Å². The van der Waals surface area contributed by atoms with Crippen molar-refractivity contribution in [3.05, 3.63) is 33.0 Å². The van der Waals surface area contributed by atoms with Gasteiger partial charge in [0.25, 0.3) is 5.56 Å². The average molecular weight is 353 g/mol. The van der Waals surface area contributed by atoms with Crippen molar-refractivity contribution >= 4 is 29.0 Å². The van der Waals surface area contributed by atoms with Gasteiger partial charge in [-0.2, -0.15) is 5.10 Å². The summed E-state index contributed by atoms with van der Waals surface area (Å²) in [6.45, 7) is 4.70. The van der Waals surface area contributed by atoms with Crippen LogP contribution in [0, 0.1) is 13.8 Å². The number of aromatic nitrogens is 3. The molecule has 10 heteroatoms. The highest BCUT2D eigenvalue weighted by Gasteiger charge is 2.26. The molecule has 0 bridgehead atoms. The minimum atomic E-state index is -0.429. The monoisotopic (exact) mass is 352 g/mol. The zero-order valence-electron chi connectivity index (χ0n) is 13.2. The minimum Gasteiger partial charge on any atom is -0.367 e. The number of H-pyrrole nitrogens is 1. The molecule has 1 saturated heterocycles. The molecule has 3 rings (SSSR count). The molecule has 0 radical (unpaired) electrons. The summed E-state index contributed by atoms with van der Waals surface area (Å²) in [7, 11) is 0. The van der Waals surface area contributed by atoms with Crippen LogP contribution in [0.2, 0.25) is 5.02 Å². The zero-order chi connectivity index (χ0) is 17.3. The highest BCUT2D eigenvalue weighted by atomic mass is 35.5. The average Bonchev–Trinajstić information content (AvgIpc) is 3.12. The molecule has 2 aromatic heterocycles. The van der Waals surface area contributed by atoms with Crippen LogP contribution < -0.4 is 21.1 Å². The van der Waals surface area contributed by atoms with Crippen molar-refractivity contribution in [3.8, 4) is 0 Å². The smallest absolute Gasteiger partial charge is 0.319 e. The van der Waals surface area contributed by atoms with Crippen molar-refractivity contribution in [2.45, 2.75) is 26.3 Å². The molecule has 2 aromatic rings. The molecule has 128 valence electrons. The topological polar surface area (TPSA) is 116 Å². The second kappa shape index (κ2) is 6.52. The van der Waals surface area contributed by atoms with E-state index in [0.29, 0.717) is 35.9 Å². The van der Waals surface area contributed by atoms with Gasteiger partial charge in [-0.3, -0.25) is 4.79 Å². The van der Waals surface area contributed by atoms with Crippen LogP contribution in [0.3, 0.4) is 0 Å². The fourth-order valence-electron chi connectivity index (χ4n) is 2.69. The van der Waals surface area contributed by atoms with E-state index in [1.165, 1.54) is 6.20 Å². The second-order valence-electron chi connectivity index (χ2n) is 5.63. The summed E-state index contributed by atoms with van der Waals surface area (Å²) in [4.78, 5) is 25.6. The Morgan fingerprint density at radius 1 is 1.50 bits per heavy atom. The van der Waals surface area contributed by atoms with Crippen LogP contribution in [0.25, 0.3) is 0 Å². The number of anilines is 2. The maximum atomic E-state index is 12.1. The number of hydrogen-bond acceptors (Lipinski definition) is 6. The fraction of sp³-hybridized carbons (Fsp3) is 0.429. The summed E-state index contributed by atoms with van der Waals surface area (Å²) < 4.78 is 5.01. The van der Waals surface area contributed by atoms with Gasteiger partial charge in [0, 0.05) is 19.1 Å². The molecule has 24 heavy (non-hydrogen) atoms. The first-order chi connectivity index (χ1) is 11.5. The van der Waals surface area contributed by atoms with Gasteiger partial charge < -0.3 is 20.1 Å². The number of aromatic amines is 1. The van der Waals surface area contributed by atoms with Crippen molar-refractivity contribution in [1.29, 1.82) is 0 Å². The Balaban J connectivity index is 1.61. The van der Waals surface area contributed by atoms with Gasteiger partial charge in [0.1, 0.15) is 16.4 Å². The van der Waals surface area contributed by atoms with Crippen molar-refractivity contribution < 1.29 is 9.32 Å². The number of nitrogens with zero attached hydrogens (tertiary/aromatic N) is 3. The van der Waals surface area contributed by atoms with Gasteiger partial charge in [0.05, 0.1) is 11.9 Å². The van der Waals surface area contributed by atoms with Gasteiger partial charge in [-0.05, 0) is 20.3 Å². The Morgan fingerprint density at radius 2 is 2.29 bits per heavy atom. The number of aryl methyl sites for hydroxylation is 2. The molecular weight excluding hydrogens is 336 g/mol. The van der Waals surface area contributed by atoms with Crippen LogP contribution in [0.4, 0.5) is 16.2 Å². The molecule has 0 unspecified atom stereocenters. The molecule has 1 aliphatic rings. The Labute approximate surface area is 142 Å². The third-order valence-electron chi connectivity index (χ3n) is 3.91. The summed E-state index contributed by atoms with van der Waals surface area (Å²) in [5.74, 6) is 0.553. The van der Waals surface area contributed by atoms with Gasteiger partial charge in [0.15, 0.2) is 5.76 Å². The molecule has 0 saturated carbocycles. The number of urea groups is 1. The number of halogens is 1. The molecule has 0 aromatic carbocycles. The minimum absolute atomic E-state index is 0.0687. The molecule has 9 nitrogen and oxygen atoms in total. The Morgan fingerprint density at radius 3 is 3.00 bits per heavy atom. The Bertz CT molecular complexity index is 798. The third kappa shape index (κ3) is 3.21. The van der Waals surface area contributed by atoms with Crippen LogP contribution in [-0.4, -0.2) is 40.5 Å². The molecule has 3 N–H and O–H groups in total. The highest BCUT2D eigenvalue weighted by Crippen LogP contribution is 2.25. The van der Waals surface area contributed by atoms with Crippen molar-refractivity contribution in [2.75, 3.05) is 23.3 Å². The molecule has 1 aliphatic heterocycles. The maximum Gasteiger partial charge on any atom is 0.319 e. The van der Waals surface area contributed by atoms with E-state index < -0.39 is 5.56 Å². The Kier molecular flexibility index (Phi) is 4.43. The molecule has 1 atom stereocenters. The summed E-state index contributed by atoms with van der Waals surface area (Å²) >= 11 is 6.01. The van der Waals surface area contributed by atoms with Gasteiger partial charge in [-0.1, -0.05) is 16.8 Å². The van der Waals surface area contributed by atoms with Gasteiger partial charge in [-0.25, -0.2) is 9.89 Å². The number of carbonyl (C=O) groups excluding carboxylic acids is 1. The van der Waals surface area contributed by atoms with E-state index in [1.807, 2.05) is 4.90 Å². The Hall–Kier alpha value is -2.55. The lowest BCUT2D eigenvalue weighted by Gasteiger charge is -2.19. The van der Waals surface area contributed by atoms with Gasteiger partial charge >= 0.3 is 6.03 Å². The molecular formula is C14H17ClN6O3. The van der Waals surface area contributed by atoms with E-state index in [4.69, 9.17) is 16.1 Å². The SMILES string of the molecule is Cc1noc(C)c1NC(=O)N[C@@H]1CCN(c2cn[nH]c(=O)c2Cl)C1. The quantitative estimate of drug-likeness (QED) is 0.769. The molecule has 1 fully saturated rings. The molecule has 0 spiro atoms. The summed E-state index contributed by atoms with van der Waals surface area (Å²) in [6, 6.07) is -0.396. The molecule has 2 amide bonds. The molecule has 3 heterocycles. The number of amides is 2. The van der Waals surface area contributed by atoms with E-state index in [0.717, 1.165) is 6.42 Å². The van der Waals surface area contributed by atoms with Gasteiger partial charge in [-0.15, -0.1) is 0 Å². The van der Waals surface area contributed by atoms with Crippen molar-refractivity contribution in [1.82, 2.24) is 20.7 Å². The fourth-order valence-corrected chi connectivity index (χ4v) is 2.90. The van der Waals surface area contributed by atoms with Crippen LogP contribution in [0.1, 0.15) is 17.9 Å². The summed E-state index contributed by atoms with van der Waals surface area (Å²) in [6.07, 6.45) is 2.24. The predicted molar refractivity (Wildman–Crippen MR) is 88.6 cm³/mol. The first-order valence-electron chi connectivity index (χ1n) is 7.44. The van der Waals surface area contributed by atoms with Crippen LogP contribution in [0.15, 0.2) is 15.5 Å². The number of rotatable bonds is 3. The molecule has 0 aliphatic carbocycles. The lowest BCUT2D eigenvalue weighted by molar-refractivity contribution is 0.249. The standard InChI is InChI=1S/C14H17ClN6O3/c1-7-12(8(2)24-20-7)18-14(23)17-9-3-4-21(6-9)10-5-16-19-13(22)11(10)15/h5,9H,3-4,6H2,1-2H3,(H,19,22)(H2,17,18,23)/t9-/m1/s1. The number of nitrogens with one attached hydrogen (secondary N) is 3. The first-order valence-corrected chi connectivity index (χ1v) is 7.82. The van der Waals surface area contributed by atoms with E-state index in [9.17, 15) is 9.59 Å². The van der Waals surface area contributed by atoms with E-state index >= 15 is 0 Å². The number of hydrogen-bond donors (Lipinski definition) is 3. The number of carbonyl (C=O) groups is 1. The normalized spacial score (nSPS) is 17.1. The highest BCUT2D eigenvalue weighted by molar-refractivity contribution is 6.33. The van der Waals surface area contributed by atoms with E-state index in [-0.39, 0.29) is 17.1 Å². The lowest BCUT2D eigenvalue weighted by atomic mass is 10.3. The first kappa shape index (κ1) is 16.3. The van der Waals surface area contributed by atoms with Crippen LogP contribution >= 0.6 is 11.6 Å².